The Balaban J connectivity index is 2.42. The molecule has 1 aliphatic rings. The van der Waals surface area contributed by atoms with Gasteiger partial charge in [-0.2, -0.15) is 0 Å². The molecule has 3 N–H and O–H groups in total. The number of rotatable bonds is 5. The van der Waals surface area contributed by atoms with E-state index < -0.39 is 5.79 Å². The lowest BCUT2D eigenvalue weighted by Gasteiger charge is -2.36. The summed E-state index contributed by atoms with van der Waals surface area (Å²) in [5, 5.41) is 3.41. The van der Waals surface area contributed by atoms with Crippen LogP contribution < -0.4 is 11.1 Å². The minimum atomic E-state index is -0.905. The molecule has 120 valence electrons. The number of hydrogen-bond donors (Lipinski definition) is 2. The highest BCUT2D eigenvalue weighted by Crippen LogP contribution is 2.25. The van der Waals surface area contributed by atoms with Crippen LogP contribution in [0, 0.1) is 0 Å². The molecule has 0 aliphatic carbocycles. The molecule has 1 atom stereocenters. The van der Waals surface area contributed by atoms with Gasteiger partial charge in [-0.15, -0.1) is 0 Å². The first-order valence-corrected chi connectivity index (χ1v) is 8.70. The molecule has 0 fully saturated rings. The first kappa shape index (κ1) is 17.0. The fourth-order valence-electron chi connectivity index (χ4n) is 2.63. The van der Waals surface area contributed by atoms with Crippen molar-refractivity contribution in [2.24, 2.45) is 10.7 Å². The zero-order valence-electron chi connectivity index (χ0n) is 13.6. The number of hydrogen-bond acceptors (Lipinski definition) is 4. The maximum absolute atomic E-state index is 6.61. The number of nitrogens with zero attached hydrogens (tertiary/aromatic N) is 2. The molecule has 0 bridgehead atoms. The zero-order chi connectivity index (χ0) is 16.2. The van der Waals surface area contributed by atoms with Gasteiger partial charge in [0, 0.05) is 28.8 Å². The van der Waals surface area contributed by atoms with Crippen LogP contribution in [0.1, 0.15) is 39.2 Å². The van der Waals surface area contributed by atoms with Gasteiger partial charge in [-0.25, -0.2) is 4.99 Å². The summed E-state index contributed by atoms with van der Waals surface area (Å²) in [5.74, 6) is 0.0512. The van der Waals surface area contributed by atoms with E-state index in [-0.39, 0.29) is 0 Å². The maximum Gasteiger partial charge on any atom is 0.211 e. The number of amidine groups is 1. The van der Waals surface area contributed by atoms with E-state index in [0.29, 0.717) is 0 Å². The number of nitrogens with two attached hydrogens (primary N) is 1. The van der Waals surface area contributed by atoms with Crippen LogP contribution in [-0.4, -0.2) is 23.8 Å². The highest BCUT2D eigenvalue weighted by atomic mass is 79.9. The lowest BCUT2D eigenvalue weighted by molar-refractivity contribution is 0.367. The minimum absolute atomic E-state index is 0.905. The van der Waals surface area contributed by atoms with Crippen LogP contribution in [0.2, 0.25) is 0 Å². The van der Waals surface area contributed by atoms with Crippen LogP contribution in [0.15, 0.2) is 45.5 Å². The molecule has 4 nitrogen and oxygen atoms in total. The van der Waals surface area contributed by atoms with Crippen LogP contribution in [0.5, 0.6) is 0 Å². The minimum Gasteiger partial charge on any atom is -0.357 e. The van der Waals surface area contributed by atoms with Crippen LogP contribution >= 0.6 is 15.9 Å². The van der Waals surface area contributed by atoms with Crippen molar-refractivity contribution in [1.82, 2.24) is 10.2 Å². The highest BCUT2D eigenvalue weighted by molar-refractivity contribution is 9.10. The van der Waals surface area contributed by atoms with Crippen molar-refractivity contribution in [3.63, 3.8) is 0 Å². The first-order valence-electron chi connectivity index (χ1n) is 7.90. The van der Waals surface area contributed by atoms with E-state index in [9.17, 15) is 0 Å². The van der Waals surface area contributed by atoms with Gasteiger partial charge >= 0.3 is 0 Å². The van der Waals surface area contributed by atoms with Crippen molar-refractivity contribution in [3.05, 3.63) is 46.1 Å². The summed E-state index contributed by atoms with van der Waals surface area (Å²) in [5.41, 5.74) is 8.71. The second-order valence-electron chi connectivity index (χ2n) is 5.46. The summed E-state index contributed by atoms with van der Waals surface area (Å²) in [7, 11) is 0. The number of halogens is 1. The van der Waals surface area contributed by atoms with Gasteiger partial charge in [-0.1, -0.05) is 41.4 Å². The third kappa shape index (κ3) is 3.70. The fraction of sp³-hybridized carbons (Fsp3) is 0.471. The van der Waals surface area contributed by atoms with Crippen LogP contribution in [-0.2, 0) is 5.79 Å². The maximum atomic E-state index is 6.61. The quantitative estimate of drug-likeness (QED) is 0.839. The fourth-order valence-corrected chi connectivity index (χ4v) is 2.90. The normalized spacial score (nSPS) is 21.0. The molecule has 0 saturated carbocycles. The predicted molar refractivity (Wildman–Crippen MR) is 96.5 cm³/mol. The second-order valence-corrected chi connectivity index (χ2v) is 6.38. The Morgan fingerprint density at radius 2 is 1.82 bits per heavy atom. The molecule has 2 rings (SSSR count). The summed E-state index contributed by atoms with van der Waals surface area (Å²) >= 11 is 3.46. The van der Waals surface area contributed by atoms with Crippen LogP contribution in [0.4, 0.5) is 0 Å². The summed E-state index contributed by atoms with van der Waals surface area (Å²) in [6.45, 7) is 8.28. The van der Waals surface area contributed by atoms with Gasteiger partial charge in [0.25, 0.3) is 0 Å². The molecule has 0 aromatic heterocycles. The molecule has 5 heteroatoms. The number of allylic oxidation sites excluding steroid dienone is 1. The standard InChI is InChI=1S/C17H25BrN4/c1-4-7-15-12-16(22(5-2)6-3)21-17(19,20-15)13-8-10-14(18)11-9-13/h8-12,20H,4-7,19H2,1-3H3. The molecule has 22 heavy (non-hydrogen) atoms. The Morgan fingerprint density at radius 3 is 2.36 bits per heavy atom. The lowest BCUT2D eigenvalue weighted by Crippen LogP contribution is -2.52. The molecule has 0 saturated heterocycles. The zero-order valence-corrected chi connectivity index (χ0v) is 15.2. The molecule has 0 amide bonds. The van der Waals surface area contributed by atoms with Crippen molar-refractivity contribution in [2.45, 2.75) is 39.4 Å². The van der Waals surface area contributed by atoms with Crippen molar-refractivity contribution in [2.75, 3.05) is 13.1 Å². The Hall–Kier alpha value is -1.33. The van der Waals surface area contributed by atoms with Gasteiger partial charge in [0.2, 0.25) is 5.79 Å². The largest absolute Gasteiger partial charge is 0.357 e. The number of benzene rings is 1. The smallest absolute Gasteiger partial charge is 0.211 e. The van der Waals surface area contributed by atoms with Gasteiger partial charge < -0.3 is 10.2 Å². The SMILES string of the molecule is CCCC1=CC(N(CC)CC)=NC(N)(c2ccc(Br)cc2)N1. The predicted octanol–water partition coefficient (Wildman–Crippen LogP) is 3.55. The Labute approximate surface area is 141 Å². The van der Waals surface area contributed by atoms with Gasteiger partial charge in [-0.3, -0.25) is 5.73 Å². The topological polar surface area (TPSA) is 53.6 Å². The summed E-state index contributed by atoms with van der Waals surface area (Å²) < 4.78 is 1.04. The second kappa shape index (κ2) is 7.29. The summed E-state index contributed by atoms with van der Waals surface area (Å²) in [4.78, 5) is 7.04. The van der Waals surface area contributed by atoms with E-state index in [2.05, 4.69) is 53.0 Å². The van der Waals surface area contributed by atoms with Crippen molar-refractivity contribution in [3.8, 4) is 0 Å². The monoisotopic (exact) mass is 364 g/mol. The molecular formula is C17H25BrN4. The summed E-state index contributed by atoms with van der Waals surface area (Å²) in [6.07, 6.45) is 4.16. The van der Waals surface area contributed by atoms with Crippen molar-refractivity contribution < 1.29 is 0 Å². The molecule has 0 spiro atoms. The van der Waals surface area contributed by atoms with E-state index in [1.54, 1.807) is 0 Å². The number of likely N-dealkylation sites (N-methyl/N-ethyl adjacent to an activating group) is 1. The van der Waals surface area contributed by atoms with Crippen molar-refractivity contribution >= 4 is 21.8 Å². The van der Waals surface area contributed by atoms with E-state index >= 15 is 0 Å². The first-order chi connectivity index (χ1) is 10.5. The third-order valence-corrected chi connectivity index (χ3v) is 4.37. The molecule has 1 unspecified atom stereocenters. The molecule has 1 aliphatic heterocycles. The Bertz CT molecular complexity index is 561. The Kier molecular flexibility index (Phi) is 5.64. The molecule has 1 aromatic rings. The number of nitrogens with one attached hydrogen (secondary N) is 1. The average Bonchev–Trinajstić information content (AvgIpc) is 2.49. The Morgan fingerprint density at radius 1 is 1.18 bits per heavy atom. The molecule has 0 radical (unpaired) electrons. The van der Waals surface area contributed by atoms with Gasteiger partial charge in [0.05, 0.1) is 0 Å². The molecular weight excluding hydrogens is 340 g/mol. The lowest BCUT2D eigenvalue weighted by atomic mass is 10.1. The molecule has 1 heterocycles. The van der Waals surface area contributed by atoms with E-state index in [4.69, 9.17) is 10.7 Å². The van der Waals surface area contributed by atoms with E-state index in [1.807, 2.05) is 24.3 Å². The van der Waals surface area contributed by atoms with Gasteiger partial charge in [0.15, 0.2) is 0 Å². The highest BCUT2D eigenvalue weighted by Gasteiger charge is 2.31. The van der Waals surface area contributed by atoms with E-state index in [0.717, 1.165) is 47.5 Å². The van der Waals surface area contributed by atoms with Crippen molar-refractivity contribution in [1.29, 1.82) is 0 Å². The van der Waals surface area contributed by atoms with Crippen LogP contribution in [0.25, 0.3) is 0 Å². The molecule has 1 aromatic carbocycles. The summed E-state index contributed by atoms with van der Waals surface area (Å²) in [6, 6.07) is 8.01. The average molecular weight is 365 g/mol. The van der Waals surface area contributed by atoms with Crippen LogP contribution in [0.3, 0.4) is 0 Å². The van der Waals surface area contributed by atoms with Gasteiger partial charge in [-0.05, 0) is 38.5 Å². The van der Waals surface area contributed by atoms with Gasteiger partial charge in [0.1, 0.15) is 5.84 Å². The third-order valence-electron chi connectivity index (χ3n) is 3.84. The van der Waals surface area contributed by atoms with E-state index in [1.165, 1.54) is 0 Å². The number of aliphatic imine (C=N–C) groups is 1.